The van der Waals surface area contributed by atoms with Crippen LogP contribution in [0.25, 0.3) is 0 Å². The Balaban J connectivity index is 1.52. The van der Waals surface area contributed by atoms with E-state index in [1.54, 1.807) is 10.9 Å². The van der Waals surface area contributed by atoms with E-state index in [0.29, 0.717) is 18.2 Å². The van der Waals surface area contributed by atoms with Crippen molar-refractivity contribution in [1.82, 2.24) is 25.5 Å². The Labute approximate surface area is 156 Å². The molecule has 0 aliphatic rings. The topological polar surface area (TPSA) is 85.8 Å². The smallest absolute Gasteiger partial charge is 0.233 e. The molecule has 26 heavy (non-hydrogen) atoms. The van der Waals surface area contributed by atoms with E-state index in [0.717, 1.165) is 5.76 Å². The van der Waals surface area contributed by atoms with E-state index in [9.17, 15) is 4.79 Å². The van der Waals surface area contributed by atoms with E-state index in [4.69, 9.17) is 4.42 Å². The molecule has 3 aromatic rings. The molecule has 7 nitrogen and oxygen atoms in total. The van der Waals surface area contributed by atoms with Gasteiger partial charge in [0.2, 0.25) is 11.1 Å². The monoisotopic (exact) mass is 371 g/mol. The van der Waals surface area contributed by atoms with Crippen molar-refractivity contribution >= 4 is 17.7 Å². The van der Waals surface area contributed by atoms with Crippen molar-refractivity contribution in [2.24, 2.45) is 0 Å². The Morgan fingerprint density at radius 2 is 2.04 bits per heavy atom. The van der Waals surface area contributed by atoms with Gasteiger partial charge in [0.1, 0.15) is 12.3 Å². The van der Waals surface area contributed by atoms with Gasteiger partial charge in [0.15, 0.2) is 0 Å². The van der Waals surface area contributed by atoms with E-state index in [1.807, 2.05) is 37.3 Å². The Morgan fingerprint density at radius 3 is 2.77 bits per heavy atom. The first-order valence-corrected chi connectivity index (χ1v) is 9.29. The fourth-order valence-electron chi connectivity index (χ4n) is 2.44. The third-order valence-electron chi connectivity index (χ3n) is 3.99. The molecule has 136 valence electrons. The summed E-state index contributed by atoms with van der Waals surface area (Å²) in [4.78, 5) is 12.4. The molecular formula is C18H21N5O2S. The Morgan fingerprint density at radius 1 is 1.23 bits per heavy atom. The number of tetrazole rings is 1. The second-order valence-corrected chi connectivity index (χ2v) is 7.32. The van der Waals surface area contributed by atoms with E-state index in [2.05, 4.69) is 39.9 Å². The molecule has 0 aliphatic carbocycles. The van der Waals surface area contributed by atoms with E-state index >= 15 is 0 Å². The zero-order chi connectivity index (χ0) is 18.4. The number of furan rings is 1. The van der Waals surface area contributed by atoms with E-state index < -0.39 is 0 Å². The van der Waals surface area contributed by atoms with Crippen LogP contribution in [0, 0.1) is 0 Å². The van der Waals surface area contributed by atoms with Crippen LogP contribution >= 0.6 is 11.8 Å². The quantitative estimate of drug-likeness (QED) is 0.613. The molecule has 2 unspecified atom stereocenters. The summed E-state index contributed by atoms with van der Waals surface area (Å²) in [6.45, 7) is 4.96. The zero-order valence-electron chi connectivity index (χ0n) is 14.7. The third kappa shape index (κ3) is 4.72. The summed E-state index contributed by atoms with van der Waals surface area (Å²) in [6.07, 6.45) is 1.61. The number of hydrogen-bond acceptors (Lipinski definition) is 6. The highest BCUT2D eigenvalue weighted by Crippen LogP contribution is 2.21. The number of nitrogens with one attached hydrogen (secondary N) is 1. The maximum atomic E-state index is 12.4. The Kier molecular flexibility index (Phi) is 6.06. The van der Waals surface area contributed by atoms with E-state index in [1.165, 1.54) is 17.3 Å². The molecule has 0 radical (unpaired) electrons. The molecule has 0 saturated heterocycles. The van der Waals surface area contributed by atoms with Crippen LogP contribution < -0.4 is 5.32 Å². The zero-order valence-corrected chi connectivity index (χ0v) is 15.5. The lowest BCUT2D eigenvalue weighted by Crippen LogP contribution is -2.33. The van der Waals surface area contributed by atoms with Crippen LogP contribution in [0.1, 0.15) is 31.1 Å². The normalized spacial score (nSPS) is 13.3. The molecule has 2 aromatic heterocycles. The second kappa shape index (κ2) is 8.66. The summed E-state index contributed by atoms with van der Waals surface area (Å²) < 4.78 is 6.94. The van der Waals surface area contributed by atoms with Gasteiger partial charge in [0.05, 0.1) is 11.5 Å². The van der Waals surface area contributed by atoms with Crippen molar-refractivity contribution in [2.75, 3.05) is 6.54 Å². The van der Waals surface area contributed by atoms with Crippen molar-refractivity contribution in [3.8, 4) is 0 Å². The minimum absolute atomic E-state index is 0.0367. The number of thioether (sulfide) groups is 1. The first-order valence-electron chi connectivity index (χ1n) is 8.41. The molecule has 0 saturated carbocycles. The van der Waals surface area contributed by atoms with Crippen molar-refractivity contribution in [3.63, 3.8) is 0 Å². The molecule has 0 spiro atoms. The van der Waals surface area contributed by atoms with Gasteiger partial charge >= 0.3 is 0 Å². The number of nitrogens with zero attached hydrogens (tertiary/aromatic N) is 4. The number of carbonyl (C=O) groups is 1. The van der Waals surface area contributed by atoms with Crippen LogP contribution in [-0.4, -0.2) is 37.9 Å². The lowest BCUT2D eigenvalue weighted by Gasteiger charge is -2.15. The molecule has 1 N–H and O–H groups in total. The molecule has 8 heteroatoms. The van der Waals surface area contributed by atoms with Gasteiger partial charge in [-0.2, -0.15) is 0 Å². The minimum Gasteiger partial charge on any atom is -0.467 e. The van der Waals surface area contributed by atoms with Crippen LogP contribution in [0.5, 0.6) is 0 Å². The number of amides is 1. The summed E-state index contributed by atoms with van der Waals surface area (Å²) in [5.74, 6) is 0.972. The number of hydrogen-bond donors (Lipinski definition) is 1. The average molecular weight is 371 g/mol. The van der Waals surface area contributed by atoms with Crippen LogP contribution in [0.3, 0.4) is 0 Å². The van der Waals surface area contributed by atoms with Crippen LogP contribution in [0.4, 0.5) is 0 Å². The molecule has 0 bridgehead atoms. The minimum atomic E-state index is -0.306. The van der Waals surface area contributed by atoms with Gasteiger partial charge in [-0.3, -0.25) is 4.79 Å². The van der Waals surface area contributed by atoms with Gasteiger partial charge in [-0.25, -0.2) is 4.68 Å². The summed E-state index contributed by atoms with van der Waals surface area (Å²) in [6, 6.07) is 13.8. The second-order valence-electron chi connectivity index (χ2n) is 6.02. The fourth-order valence-corrected chi connectivity index (χ4v) is 3.25. The molecule has 2 atom stereocenters. The number of aromatic nitrogens is 4. The fraction of sp³-hybridized carbons (Fsp3) is 0.333. The molecule has 3 rings (SSSR count). The highest BCUT2D eigenvalue weighted by molar-refractivity contribution is 8.00. The van der Waals surface area contributed by atoms with Crippen molar-refractivity contribution in [1.29, 1.82) is 0 Å². The maximum Gasteiger partial charge on any atom is 0.233 e. The Bertz CT molecular complexity index is 819. The third-order valence-corrected chi connectivity index (χ3v) is 5.06. The Hall–Kier alpha value is -2.61. The molecule has 2 heterocycles. The van der Waals surface area contributed by atoms with Gasteiger partial charge in [0.25, 0.3) is 0 Å². The lowest BCUT2D eigenvalue weighted by atomic mass is 10.0. The highest BCUT2D eigenvalue weighted by Gasteiger charge is 2.19. The van der Waals surface area contributed by atoms with Gasteiger partial charge < -0.3 is 9.73 Å². The SMILES string of the molecule is CC(Sc1nnnn1Cc1ccco1)C(=O)NCC(C)c1ccccc1. The van der Waals surface area contributed by atoms with Crippen molar-refractivity contribution in [3.05, 3.63) is 60.1 Å². The molecular weight excluding hydrogens is 350 g/mol. The summed E-state index contributed by atoms with van der Waals surface area (Å²) in [7, 11) is 0. The predicted octanol–water partition coefficient (Wildman–Crippen LogP) is 2.71. The van der Waals surface area contributed by atoms with E-state index in [-0.39, 0.29) is 17.1 Å². The number of carbonyl (C=O) groups excluding carboxylic acids is 1. The first-order chi connectivity index (χ1) is 12.6. The van der Waals surface area contributed by atoms with Gasteiger partial charge in [-0.05, 0) is 41.0 Å². The highest BCUT2D eigenvalue weighted by atomic mass is 32.2. The molecule has 1 amide bonds. The maximum absolute atomic E-state index is 12.4. The summed E-state index contributed by atoms with van der Waals surface area (Å²) in [5, 5.41) is 14.9. The van der Waals surface area contributed by atoms with Gasteiger partial charge in [-0.1, -0.05) is 49.0 Å². The first kappa shape index (κ1) is 18.2. The average Bonchev–Trinajstić information content (AvgIpc) is 3.33. The van der Waals surface area contributed by atoms with Crippen molar-refractivity contribution < 1.29 is 9.21 Å². The number of rotatable bonds is 8. The number of benzene rings is 1. The van der Waals surface area contributed by atoms with Crippen molar-refractivity contribution in [2.45, 2.75) is 36.7 Å². The summed E-state index contributed by atoms with van der Waals surface area (Å²) >= 11 is 1.33. The largest absolute Gasteiger partial charge is 0.467 e. The molecule has 1 aromatic carbocycles. The van der Waals surface area contributed by atoms with Crippen LogP contribution in [0.2, 0.25) is 0 Å². The summed E-state index contributed by atoms with van der Waals surface area (Å²) in [5.41, 5.74) is 1.20. The van der Waals surface area contributed by atoms with Gasteiger partial charge in [0, 0.05) is 6.54 Å². The molecule has 0 aliphatic heterocycles. The van der Waals surface area contributed by atoms with Crippen LogP contribution in [0.15, 0.2) is 58.3 Å². The molecule has 0 fully saturated rings. The lowest BCUT2D eigenvalue weighted by molar-refractivity contribution is -0.120. The van der Waals surface area contributed by atoms with Crippen LogP contribution in [-0.2, 0) is 11.3 Å². The van der Waals surface area contributed by atoms with Gasteiger partial charge in [-0.15, -0.1) is 5.10 Å². The predicted molar refractivity (Wildman–Crippen MR) is 98.8 cm³/mol. The standard InChI is InChI=1S/C18H21N5O2S/c1-13(15-7-4-3-5-8-15)11-19-17(24)14(2)26-18-20-21-22-23(18)12-16-9-6-10-25-16/h3-10,13-14H,11-12H2,1-2H3,(H,19,24).